The van der Waals surface area contributed by atoms with E-state index in [-0.39, 0.29) is 6.03 Å². The van der Waals surface area contributed by atoms with Crippen LogP contribution in [0.25, 0.3) is 21.5 Å². The third kappa shape index (κ3) is 3.55. The molecule has 0 aliphatic rings. The van der Waals surface area contributed by atoms with Crippen molar-refractivity contribution >= 4 is 39.0 Å². The molecule has 2 amide bonds. The molecular formula is C24H22N2O4. The molecule has 0 saturated carbocycles. The Balaban J connectivity index is 1.70. The summed E-state index contributed by atoms with van der Waals surface area (Å²) in [7, 11) is 4.60. The molecule has 4 aromatic carbocycles. The highest BCUT2D eigenvalue weighted by atomic mass is 16.5. The van der Waals surface area contributed by atoms with Crippen LogP contribution in [0.4, 0.5) is 16.2 Å². The van der Waals surface area contributed by atoms with Gasteiger partial charge in [-0.2, -0.15) is 0 Å². The Morgan fingerprint density at radius 3 is 1.73 bits per heavy atom. The molecule has 0 saturated heterocycles. The topological polar surface area (TPSA) is 68.8 Å². The van der Waals surface area contributed by atoms with Crippen molar-refractivity contribution in [1.29, 1.82) is 0 Å². The molecule has 0 bridgehead atoms. The second-order valence-corrected chi connectivity index (χ2v) is 6.69. The van der Waals surface area contributed by atoms with Gasteiger partial charge < -0.3 is 24.8 Å². The molecule has 2 N–H and O–H groups in total. The smallest absolute Gasteiger partial charge is 0.323 e. The Morgan fingerprint density at radius 1 is 0.700 bits per heavy atom. The van der Waals surface area contributed by atoms with Crippen LogP contribution < -0.4 is 24.8 Å². The molecule has 4 rings (SSSR count). The van der Waals surface area contributed by atoms with E-state index in [1.807, 2.05) is 48.5 Å². The lowest BCUT2D eigenvalue weighted by Gasteiger charge is -2.16. The van der Waals surface area contributed by atoms with Crippen LogP contribution in [0.15, 0.2) is 66.7 Å². The fourth-order valence-corrected chi connectivity index (χ4v) is 3.58. The lowest BCUT2D eigenvalue weighted by molar-refractivity contribution is 0.262. The number of urea groups is 1. The van der Waals surface area contributed by atoms with Gasteiger partial charge in [0, 0.05) is 22.9 Å². The molecule has 0 fully saturated rings. The molecule has 0 spiro atoms. The molecule has 6 heteroatoms. The number of benzene rings is 4. The summed E-state index contributed by atoms with van der Waals surface area (Å²) in [5, 5.41) is 9.92. The lowest BCUT2D eigenvalue weighted by atomic mass is 10.0. The number of amides is 2. The molecule has 0 heterocycles. The second-order valence-electron chi connectivity index (χ2n) is 6.69. The van der Waals surface area contributed by atoms with E-state index < -0.39 is 0 Å². The van der Waals surface area contributed by atoms with E-state index in [4.69, 9.17) is 14.2 Å². The van der Waals surface area contributed by atoms with Crippen LogP contribution in [-0.4, -0.2) is 27.4 Å². The van der Waals surface area contributed by atoms with Crippen LogP contribution in [0.3, 0.4) is 0 Å². The molecule has 0 aromatic heterocycles. The minimum atomic E-state index is -0.370. The van der Waals surface area contributed by atoms with Crippen molar-refractivity contribution in [3.63, 3.8) is 0 Å². The second kappa shape index (κ2) is 8.21. The number of carbonyl (C=O) groups is 1. The highest BCUT2D eigenvalue weighted by molar-refractivity contribution is 6.16. The number of ether oxygens (including phenoxy) is 3. The number of anilines is 2. The fourth-order valence-electron chi connectivity index (χ4n) is 3.58. The number of rotatable bonds is 5. The summed E-state index contributed by atoms with van der Waals surface area (Å²) in [4.78, 5) is 12.9. The minimum Gasteiger partial charge on any atom is -0.493 e. The zero-order chi connectivity index (χ0) is 21.1. The van der Waals surface area contributed by atoms with Crippen molar-refractivity contribution in [2.75, 3.05) is 32.0 Å². The van der Waals surface area contributed by atoms with Crippen LogP contribution in [0.2, 0.25) is 0 Å². The van der Waals surface area contributed by atoms with Gasteiger partial charge in [0.1, 0.15) is 0 Å². The van der Waals surface area contributed by atoms with E-state index in [0.717, 1.165) is 27.2 Å². The molecule has 0 aliphatic carbocycles. The van der Waals surface area contributed by atoms with Crippen molar-refractivity contribution in [2.45, 2.75) is 0 Å². The number of methoxy groups -OCH3 is 3. The van der Waals surface area contributed by atoms with E-state index in [9.17, 15) is 4.79 Å². The molecule has 0 atom stereocenters. The zero-order valence-corrected chi connectivity index (χ0v) is 17.0. The average Bonchev–Trinajstić information content (AvgIpc) is 2.78. The van der Waals surface area contributed by atoms with Crippen LogP contribution in [-0.2, 0) is 0 Å². The number of hydrogen-bond donors (Lipinski definition) is 2. The van der Waals surface area contributed by atoms with Gasteiger partial charge in [0.15, 0.2) is 11.5 Å². The maximum atomic E-state index is 12.9. The monoisotopic (exact) mass is 402 g/mol. The van der Waals surface area contributed by atoms with Gasteiger partial charge in [0.2, 0.25) is 5.75 Å². The largest absolute Gasteiger partial charge is 0.493 e. The third-order valence-corrected chi connectivity index (χ3v) is 4.93. The highest BCUT2D eigenvalue weighted by Gasteiger charge is 2.16. The summed E-state index contributed by atoms with van der Waals surface area (Å²) >= 11 is 0. The number of carbonyl (C=O) groups excluding carboxylic acids is 1. The van der Waals surface area contributed by atoms with Crippen LogP contribution in [0.5, 0.6) is 17.2 Å². The van der Waals surface area contributed by atoms with Crippen molar-refractivity contribution in [2.24, 2.45) is 0 Å². The van der Waals surface area contributed by atoms with Crippen molar-refractivity contribution in [3.05, 3.63) is 66.7 Å². The van der Waals surface area contributed by atoms with E-state index in [1.165, 1.54) is 21.3 Å². The van der Waals surface area contributed by atoms with Crippen LogP contribution in [0, 0.1) is 0 Å². The summed E-state index contributed by atoms with van der Waals surface area (Å²) in [6, 6.07) is 21.1. The Kier molecular flexibility index (Phi) is 5.30. The Bertz CT molecular complexity index is 1160. The molecular weight excluding hydrogens is 380 g/mol. The third-order valence-electron chi connectivity index (χ3n) is 4.93. The first-order chi connectivity index (χ1) is 14.6. The highest BCUT2D eigenvalue weighted by Crippen LogP contribution is 2.40. The number of fused-ring (bicyclic) bond motifs is 2. The molecule has 0 aliphatic heterocycles. The summed E-state index contributed by atoms with van der Waals surface area (Å²) in [6.07, 6.45) is 0. The van der Waals surface area contributed by atoms with Crippen molar-refractivity contribution in [3.8, 4) is 17.2 Å². The first kappa shape index (κ1) is 19.4. The minimum absolute atomic E-state index is 0.370. The average molecular weight is 402 g/mol. The lowest BCUT2D eigenvalue weighted by Crippen LogP contribution is -2.20. The summed E-state index contributed by atoms with van der Waals surface area (Å²) < 4.78 is 16.0. The summed E-state index contributed by atoms with van der Waals surface area (Å²) in [5.74, 6) is 1.39. The molecule has 4 aromatic rings. The standard InChI is InChI=1S/C24H22N2O4/c1-28-20-13-17(14-21(29-2)23(20)30-3)25-24(27)26-22-18-10-6-4-8-15(18)12-16-9-5-7-11-19(16)22/h4-14H,1-3H3,(H2,25,26,27). The predicted molar refractivity (Wildman–Crippen MR) is 120 cm³/mol. The van der Waals surface area contributed by atoms with E-state index >= 15 is 0 Å². The van der Waals surface area contributed by atoms with E-state index in [0.29, 0.717) is 22.9 Å². The normalized spacial score (nSPS) is 10.6. The first-order valence-electron chi connectivity index (χ1n) is 9.43. The van der Waals surface area contributed by atoms with Gasteiger partial charge in [0.05, 0.1) is 32.7 Å². The summed E-state index contributed by atoms with van der Waals surface area (Å²) in [5.41, 5.74) is 1.28. The SMILES string of the molecule is COc1cc(NC(=O)Nc2c3ccccc3cc3ccccc23)cc(OC)c1OC. The van der Waals surface area contributed by atoms with Gasteiger partial charge in [-0.3, -0.25) is 0 Å². The van der Waals surface area contributed by atoms with Gasteiger partial charge in [-0.25, -0.2) is 4.79 Å². The van der Waals surface area contributed by atoms with Crippen LogP contribution >= 0.6 is 0 Å². The maximum Gasteiger partial charge on any atom is 0.323 e. The molecule has 0 radical (unpaired) electrons. The Labute approximate surface area is 174 Å². The predicted octanol–water partition coefficient (Wildman–Crippen LogP) is 5.66. The van der Waals surface area contributed by atoms with Crippen molar-refractivity contribution in [1.82, 2.24) is 0 Å². The van der Waals surface area contributed by atoms with E-state index in [1.54, 1.807) is 12.1 Å². The summed E-state index contributed by atoms with van der Waals surface area (Å²) in [6.45, 7) is 0. The van der Waals surface area contributed by atoms with Crippen molar-refractivity contribution < 1.29 is 19.0 Å². The van der Waals surface area contributed by atoms with Crippen LogP contribution in [0.1, 0.15) is 0 Å². The van der Waals surface area contributed by atoms with Gasteiger partial charge in [-0.15, -0.1) is 0 Å². The number of hydrogen-bond acceptors (Lipinski definition) is 4. The van der Waals surface area contributed by atoms with Gasteiger partial charge in [-0.1, -0.05) is 48.5 Å². The Hall–Kier alpha value is -3.93. The molecule has 30 heavy (non-hydrogen) atoms. The van der Waals surface area contributed by atoms with Gasteiger partial charge in [0.25, 0.3) is 0 Å². The van der Waals surface area contributed by atoms with Gasteiger partial charge in [-0.05, 0) is 16.8 Å². The fraction of sp³-hybridized carbons (Fsp3) is 0.125. The zero-order valence-electron chi connectivity index (χ0n) is 17.0. The molecule has 6 nitrogen and oxygen atoms in total. The maximum absolute atomic E-state index is 12.9. The molecule has 152 valence electrons. The molecule has 0 unspecified atom stereocenters. The first-order valence-corrected chi connectivity index (χ1v) is 9.43. The Morgan fingerprint density at radius 2 is 1.23 bits per heavy atom. The quantitative estimate of drug-likeness (QED) is 0.423. The number of nitrogens with one attached hydrogen (secondary N) is 2. The van der Waals surface area contributed by atoms with E-state index in [2.05, 4.69) is 16.7 Å². The van der Waals surface area contributed by atoms with Gasteiger partial charge >= 0.3 is 6.03 Å².